The van der Waals surface area contributed by atoms with E-state index in [-0.39, 0.29) is 49.0 Å². The number of aromatic hydroxyl groups is 3. The van der Waals surface area contributed by atoms with E-state index in [1.54, 1.807) is 12.1 Å². The van der Waals surface area contributed by atoms with Crippen molar-refractivity contribution in [2.45, 2.75) is 31.9 Å². The van der Waals surface area contributed by atoms with Gasteiger partial charge < -0.3 is 29.5 Å². The van der Waals surface area contributed by atoms with Gasteiger partial charge in [-0.05, 0) is 41.0 Å². The number of carbonyl (C=O) groups excluding carboxylic acids is 1. The zero-order chi connectivity index (χ0) is 25.5. The Morgan fingerprint density at radius 2 is 1.84 bits per heavy atom. The van der Waals surface area contributed by atoms with Gasteiger partial charge in [-0.2, -0.15) is 0 Å². The molecular weight excluding hydrogens is 474 g/mol. The summed E-state index contributed by atoms with van der Waals surface area (Å²) < 4.78 is 19.3. The molecular formula is C29H27NO7. The van der Waals surface area contributed by atoms with Crippen molar-refractivity contribution in [2.75, 3.05) is 19.8 Å². The monoisotopic (exact) mass is 501 g/mol. The van der Waals surface area contributed by atoms with Crippen molar-refractivity contribution in [2.24, 2.45) is 0 Å². The molecule has 3 aliphatic rings. The summed E-state index contributed by atoms with van der Waals surface area (Å²) in [4.78, 5) is 12.9. The normalized spacial score (nSPS) is 18.5. The molecule has 1 atom stereocenters. The molecule has 0 spiro atoms. The fourth-order valence-electron chi connectivity index (χ4n) is 5.31. The fourth-order valence-corrected chi connectivity index (χ4v) is 5.31. The maximum Gasteiger partial charge on any atom is 0.193 e. The molecule has 3 N–H and O–H groups in total. The van der Waals surface area contributed by atoms with Crippen LogP contribution in [-0.2, 0) is 22.5 Å². The van der Waals surface area contributed by atoms with Crippen LogP contribution >= 0.6 is 0 Å². The summed E-state index contributed by atoms with van der Waals surface area (Å²) in [5, 5.41) is 31.9. The lowest BCUT2D eigenvalue weighted by Gasteiger charge is -2.28. The molecule has 1 aliphatic carbocycles. The average molecular weight is 502 g/mol. The quantitative estimate of drug-likeness (QED) is 0.493. The molecule has 0 amide bonds. The minimum atomic E-state index is -0.239. The minimum absolute atomic E-state index is 0.0163. The van der Waals surface area contributed by atoms with E-state index in [0.29, 0.717) is 36.3 Å². The maximum atomic E-state index is 12.9. The first kappa shape index (κ1) is 23.2. The zero-order valence-corrected chi connectivity index (χ0v) is 20.1. The van der Waals surface area contributed by atoms with Gasteiger partial charge in [0.25, 0.3) is 0 Å². The number of phenolic OH excluding ortho intramolecular Hbond substituents is 1. The van der Waals surface area contributed by atoms with Gasteiger partial charge in [0.05, 0.1) is 25.9 Å². The highest BCUT2D eigenvalue weighted by molar-refractivity contribution is 5.97. The molecule has 190 valence electrons. The number of fused-ring (bicyclic) bond motifs is 4. The van der Waals surface area contributed by atoms with Crippen LogP contribution < -0.4 is 19.9 Å². The van der Waals surface area contributed by atoms with E-state index in [9.17, 15) is 20.1 Å². The minimum Gasteiger partial charge on any atom is -0.507 e. The lowest BCUT2D eigenvalue weighted by atomic mass is 9.91. The largest absolute Gasteiger partial charge is 0.507 e. The van der Waals surface area contributed by atoms with Crippen LogP contribution in [0, 0.1) is 0 Å². The average Bonchev–Trinajstić information content (AvgIpc) is 3.12. The van der Waals surface area contributed by atoms with E-state index in [4.69, 9.17) is 14.2 Å². The Morgan fingerprint density at radius 3 is 2.62 bits per heavy atom. The van der Waals surface area contributed by atoms with Gasteiger partial charge in [0, 0.05) is 47.4 Å². The second-order valence-corrected chi connectivity index (χ2v) is 9.42. The number of carbonyl (C=O) groups is 1. The Morgan fingerprint density at radius 1 is 1.05 bits per heavy atom. The predicted octanol–water partition coefficient (Wildman–Crippen LogP) is 2.61. The van der Waals surface area contributed by atoms with Crippen LogP contribution in [0.15, 0.2) is 54.1 Å². The smallest absolute Gasteiger partial charge is 0.193 e. The Balaban J connectivity index is 1.21. The maximum absolute atomic E-state index is 12.9. The van der Waals surface area contributed by atoms with E-state index in [0.717, 1.165) is 33.9 Å². The number of aromatic nitrogens is 1. The van der Waals surface area contributed by atoms with Crippen LogP contribution in [0.1, 0.15) is 30.1 Å². The standard InChI is InChI=1S/C29H27NO7/c31-20-12-19-14-25(17-3-5-21(6-4-17)35-11-9-30-26(33)7-8-27(30)34)37-16-23(19)28-22(15-20)29-18(13-24(28)32)2-1-10-36-29/h2-8,12-13,25,32-34H,1,9-11,14-16H2/t25-/m0/s1. The van der Waals surface area contributed by atoms with Gasteiger partial charge in [0.1, 0.15) is 23.9 Å². The predicted molar refractivity (Wildman–Crippen MR) is 135 cm³/mol. The summed E-state index contributed by atoms with van der Waals surface area (Å²) in [6.07, 6.45) is 4.94. The van der Waals surface area contributed by atoms with E-state index in [1.807, 2.05) is 30.3 Å². The summed E-state index contributed by atoms with van der Waals surface area (Å²) in [5.41, 5.74) is 3.41. The molecule has 1 fully saturated rings. The molecule has 8 nitrogen and oxygen atoms in total. The molecule has 1 saturated heterocycles. The van der Waals surface area contributed by atoms with E-state index in [1.165, 1.54) is 16.7 Å². The van der Waals surface area contributed by atoms with Crippen molar-refractivity contribution in [3.8, 4) is 29.0 Å². The number of ether oxygens (including phenoxy) is 3. The second-order valence-electron chi connectivity index (χ2n) is 9.42. The lowest BCUT2D eigenvalue weighted by molar-refractivity contribution is -0.114. The van der Waals surface area contributed by atoms with Gasteiger partial charge in [-0.15, -0.1) is 0 Å². The summed E-state index contributed by atoms with van der Waals surface area (Å²) in [6, 6.07) is 12.1. The van der Waals surface area contributed by atoms with Gasteiger partial charge in [-0.1, -0.05) is 18.2 Å². The van der Waals surface area contributed by atoms with Crippen LogP contribution in [-0.4, -0.2) is 45.5 Å². The Labute approximate surface area is 213 Å². The molecule has 8 heteroatoms. The molecule has 3 heterocycles. The molecule has 2 aliphatic heterocycles. The van der Waals surface area contributed by atoms with E-state index in [2.05, 4.69) is 0 Å². The highest BCUT2D eigenvalue weighted by atomic mass is 16.5. The van der Waals surface area contributed by atoms with Crippen molar-refractivity contribution in [3.63, 3.8) is 0 Å². The molecule has 0 radical (unpaired) electrons. The molecule has 1 aromatic heterocycles. The highest BCUT2D eigenvalue weighted by Gasteiger charge is 2.29. The van der Waals surface area contributed by atoms with Crippen LogP contribution in [0.4, 0.5) is 0 Å². The zero-order valence-electron chi connectivity index (χ0n) is 20.1. The third-order valence-electron chi connectivity index (χ3n) is 7.09. The number of hydrogen-bond donors (Lipinski definition) is 3. The molecule has 2 aromatic carbocycles. The topological polar surface area (TPSA) is 110 Å². The van der Waals surface area contributed by atoms with Crippen LogP contribution in [0.2, 0.25) is 0 Å². The summed E-state index contributed by atoms with van der Waals surface area (Å²) >= 11 is 0. The summed E-state index contributed by atoms with van der Waals surface area (Å²) in [6.45, 7) is 1.41. The van der Waals surface area contributed by atoms with Crippen molar-refractivity contribution < 1.29 is 34.3 Å². The number of ketones is 1. The Hall–Kier alpha value is -4.17. The van der Waals surface area contributed by atoms with Crippen LogP contribution in [0.5, 0.6) is 29.0 Å². The van der Waals surface area contributed by atoms with Gasteiger partial charge in [0.2, 0.25) is 0 Å². The Kier molecular flexibility index (Phi) is 5.88. The highest BCUT2D eigenvalue weighted by Crippen LogP contribution is 2.37. The number of hydrogen-bond acceptors (Lipinski definition) is 7. The fraction of sp³-hybridized carbons (Fsp3) is 0.276. The van der Waals surface area contributed by atoms with Crippen LogP contribution in [0.25, 0.3) is 11.6 Å². The van der Waals surface area contributed by atoms with Crippen molar-refractivity contribution in [1.29, 1.82) is 0 Å². The van der Waals surface area contributed by atoms with E-state index < -0.39 is 0 Å². The van der Waals surface area contributed by atoms with Crippen molar-refractivity contribution in [1.82, 2.24) is 4.57 Å². The number of nitrogens with zero attached hydrogens (tertiary/aromatic N) is 1. The number of phenols is 1. The number of allylic oxidation sites excluding steroid dienone is 1. The molecule has 6 rings (SSSR count). The number of benzene rings is 2. The van der Waals surface area contributed by atoms with Gasteiger partial charge >= 0.3 is 0 Å². The first-order valence-corrected chi connectivity index (χ1v) is 12.3. The van der Waals surface area contributed by atoms with Crippen molar-refractivity contribution in [3.05, 3.63) is 75.7 Å². The SMILES string of the molecule is O=C1C=C2C[C@@H](c3ccc(OCCn4c(O)ccc4O)cc3)OCC2=c2c(O)cc3c(c2C1)OCCC=3. The third kappa shape index (κ3) is 4.34. The van der Waals surface area contributed by atoms with Gasteiger partial charge in [-0.3, -0.25) is 9.36 Å². The van der Waals surface area contributed by atoms with Crippen LogP contribution in [0.3, 0.4) is 0 Å². The van der Waals surface area contributed by atoms with Crippen molar-refractivity contribution >= 4 is 17.4 Å². The molecule has 0 bridgehead atoms. The van der Waals surface area contributed by atoms with E-state index >= 15 is 0 Å². The molecule has 3 aromatic rings. The van der Waals surface area contributed by atoms with Gasteiger partial charge in [-0.25, -0.2) is 0 Å². The first-order chi connectivity index (χ1) is 18.0. The van der Waals surface area contributed by atoms with Gasteiger partial charge in [0.15, 0.2) is 17.5 Å². The summed E-state index contributed by atoms with van der Waals surface area (Å²) in [5.74, 6) is 1.44. The summed E-state index contributed by atoms with van der Waals surface area (Å²) in [7, 11) is 0. The first-order valence-electron chi connectivity index (χ1n) is 12.3. The molecule has 37 heavy (non-hydrogen) atoms. The molecule has 0 unspecified atom stereocenters. The second kappa shape index (κ2) is 9.37. The molecule has 0 saturated carbocycles. The Bertz CT molecular complexity index is 1510. The lowest BCUT2D eigenvalue weighted by Crippen LogP contribution is -2.28. The third-order valence-corrected chi connectivity index (χ3v) is 7.09. The number of rotatable bonds is 5.